The van der Waals surface area contributed by atoms with Crippen LogP contribution in [0.3, 0.4) is 0 Å². The van der Waals surface area contributed by atoms with Gasteiger partial charge in [0.2, 0.25) is 0 Å². The first-order valence-electron chi connectivity index (χ1n) is 13.9. The Balaban J connectivity index is 1.38. The first kappa shape index (κ1) is 23.0. The summed E-state index contributed by atoms with van der Waals surface area (Å²) < 4.78 is 0. The fourth-order valence-electron chi connectivity index (χ4n) is 6.36. The normalized spacial score (nSPS) is 17.2. The maximum atomic E-state index is 3.98. The molecule has 0 aromatic heterocycles. The molecular formula is C38H28N2. The van der Waals surface area contributed by atoms with Gasteiger partial charge in [0.25, 0.3) is 0 Å². The average molecular weight is 513 g/mol. The number of benzene rings is 7. The second kappa shape index (κ2) is 9.37. The monoisotopic (exact) mass is 512 g/mol. The van der Waals surface area contributed by atoms with Gasteiger partial charge in [-0.1, -0.05) is 127 Å². The van der Waals surface area contributed by atoms with Crippen LogP contribution in [-0.4, -0.2) is 0 Å². The van der Waals surface area contributed by atoms with Crippen molar-refractivity contribution in [1.82, 2.24) is 10.6 Å². The lowest BCUT2D eigenvalue weighted by molar-refractivity contribution is 0.447. The van der Waals surface area contributed by atoms with Gasteiger partial charge in [0, 0.05) is 11.3 Å². The molecule has 2 nitrogen and oxygen atoms in total. The van der Waals surface area contributed by atoms with E-state index in [1.54, 1.807) is 0 Å². The highest BCUT2D eigenvalue weighted by atomic mass is 15.2. The van der Waals surface area contributed by atoms with Gasteiger partial charge in [0.1, 0.15) is 6.17 Å². The van der Waals surface area contributed by atoms with Crippen molar-refractivity contribution in [2.75, 3.05) is 0 Å². The Kier molecular flexibility index (Phi) is 5.39. The first-order valence-corrected chi connectivity index (χ1v) is 13.9. The topological polar surface area (TPSA) is 24.1 Å². The smallest absolute Gasteiger partial charge is 0.105 e. The van der Waals surface area contributed by atoms with E-state index in [-0.39, 0.29) is 12.2 Å². The van der Waals surface area contributed by atoms with Gasteiger partial charge in [-0.15, -0.1) is 0 Å². The Labute approximate surface area is 233 Å². The Bertz CT molecular complexity index is 2070. The van der Waals surface area contributed by atoms with Crippen molar-refractivity contribution >= 4 is 48.8 Å². The summed E-state index contributed by atoms with van der Waals surface area (Å²) in [4.78, 5) is 0. The molecule has 0 bridgehead atoms. The van der Waals surface area contributed by atoms with Gasteiger partial charge >= 0.3 is 0 Å². The standard InChI is InChI=1S/C38H28N2/c1-2-12-27(13-3-1)34-24-35(30-20-18-25-10-4-5-14-28(25)22-30)40-38(39-34)37-33-17-9-7-15-29(33)23-31-21-19-26-11-6-8-16-32(26)36(31)37/h1-24,34,38-40H. The first-order chi connectivity index (χ1) is 19.8. The van der Waals surface area contributed by atoms with Crippen LogP contribution >= 0.6 is 0 Å². The maximum Gasteiger partial charge on any atom is 0.105 e. The molecule has 0 amide bonds. The predicted molar refractivity (Wildman–Crippen MR) is 169 cm³/mol. The Morgan fingerprint density at radius 2 is 1.12 bits per heavy atom. The second-order valence-corrected chi connectivity index (χ2v) is 10.7. The van der Waals surface area contributed by atoms with Crippen LogP contribution in [0.25, 0.3) is 48.8 Å². The largest absolute Gasteiger partial charge is 0.366 e. The van der Waals surface area contributed by atoms with E-state index in [4.69, 9.17) is 0 Å². The summed E-state index contributed by atoms with van der Waals surface area (Å²) in [6.07, 6.45) is 2.23. The van der Waals surface area contributed by atoms with Gasteiger partial charge in [-0.3, -0.25) is 5.32 Å². The Hall–Kier alpha value is -4.92. The van der Waals surface area contributed by atoms with Crippen LogP contribution in [0.5, 0.6) is 0 Å². The molecular weight excluding hydrogens is 484 g/mol. The molecule has 0 aliphatic carbocycles. The van der Waals surface area contributed by atoms with E-state index in [1.165, 1.54) is 59.8 Å². The summed E-state index contributed by atoms with van der Waals surface area (Å²) in [7, 11) is 0. The number of hydrogen-bond donors (Lipinski definition) is 2. The number of fused-ring (bicyclic) bond motifs is 5. The minimum Gasteiger partial charge on any atom is -0.366 e. The number of nitrogens with one attached hydrogen (secondary N) is 2. The van der Waals surface area contributed by atoms with Crippen molar-refractivity contribution in [3.05, 3.63) is 162 Å². The van der Waals surface area contributed by atoms with E-state index in [2.05, 4.69) is 156 Å². The van der Waals surface area contributed by atoms with E-state index in [0.29, 0.717) is 0 Å². The van der Waals surface area contributed by atoms with E-state index < -0.39 is 0 Å². The molecule has 0 spiro atoms. The molecule has 190 valence electrons. The summed E-state index contributed by atoms with van der Waals surface area (Å²) in [6, 6.07) is 50.5. The van der Waals surface area contributed by atoms with E-state index in [9.17, 15) is 0 Å². The Morgan fingerprint density at radius 1 is 0.475 bits per heavy atom. The SMILES string of the molecule is C1=C(c2ccc3ccccc3c2)NC(c2c3ccccc3cc3ccc4ccccc4c23)NC1c1ccccc1. The average Bonchev–Trinajstić information content (AvgIpc) is 3.03. The number of hydrogen-bond acceptors (Lipinski definition) is 2. The molecule has 0 saturated heterocycles. The van der Waals surface area contributed by atoms with Gasteiger partial charge in [-0.2, -0.15) is 0 Å². The molecule has 40 heavy (non-hydrogen) atoms. The molecule has 8 rings (SSSR count). The molecule has 7 aromatic carbocycles. The van der Waals surface area contributed by atoms with Crippen LogP contribution in [0.4, 0.5) is 0 Å². The zero-order valence-electron chi connectivity index (χ0n) is 22.0. The second-order valence-electron chi connectivity index (χ2n) is 10.7. The third kappa shape index (κ3) is 3.85. The van der Waals surface area contributed by atoms with Crippen LogP contribution in [0.15, 0.2) is 146 Å². The van der Waals surface area contributed by atoms with Gasteiger partial charge in [0.15, 0.2) is 0 Å². The molecule has 0 saturated carbocycles. The maximum absolute atomic E-state index is 3.98. The van der Waals surface area contributed by atoms with Gasteiger partial charge < -0.3 is 5.32 Å². The van der Waals surface area contributed by atoms with E-state index >= 15 is 0 Å². The zero-order chi connectivity index (χ0) is 26.5. The summed E-state index contributed by atoms with van der Waals surface area (Å²) in [5.41, 5.74) is 4.88. The molecule has 2 atom stereocenters. The molecule has 1 aliphatic rings. The van der Waals surface area contributed by atoms with Crippen molar-refractivity contribution in [3.8, 4) is 0 Å². The predicted octanol–water partition coefficient (Wildman–Crippen LogP) is 9.27. The van der Waals surface area contributed by atoms with E-state index in [0.717, 1.165) is 5.70 Å². The quantitative estimate of drug-likeness (QED) is 0.182. The third-order valence-corrected chi connectivity index (χ3v) is 8.28. The molecule has 0 fully saturated rings. The molecule has 7 aromatic rings. The fourth-order valence-corrected chi connectivity index (χ4v) is 6.36. The van der Waals surface area contributed by atoms with Crippen molar-refractivity contribution in [2.45, 2.75) is 12.2 Å². The van der Waals surface area contributed by atoms with Crippen LogP contribution in [0.1, 0.15) is 28.9 Å². The minimum atomic E-state index is -0.101. The highest BCUT2D eigenvalue weighted by molar-refractivity contribution is 6.15. The van der Waals surface area contributed by atoms with Crippen molar-refractivity contribution in [1.29, 1.82) is 0 Å². The lowest BCUT2D eigenvalue weighted by Gasteiger charge is -2.34. The third-order valence-electron chi connectivity index (χ3n) is 8.28. The summed E-state index contributed by atoms with van der Waals surface area (Å²) in [5, 5.41) is 18.0. The van der Waals surface area contributed by atoms with Crippen LogP contribution < -0.4 is 10.6 Å². The van der Waals surface area contributed by atoms with Crippen molar-refractivity contribution in [2.24, 2.45) is 0 Å². The van der Waals surface area contributed by atoms with Crippen LogP contribution in [-0.2, 0) is 0 Å². The lowest BCUT2D eigenvalue weighted by atomic mass is 9.89. The fraction of sp³-hybridized carbons (Fsp3) is 0.0526. The molecule has 2 unspecified atom stereocenters. The van der Waals surface area contributed by atoms with Gasteiger partial charge in [-0.05, 0) is 72.4 Å². The molecule has 2 N–H and O–H groups in total. The molecule has 1 aliphatic heterocycles. The highest BCUT2D eigenvalue weighted by Gasteiger charge is 2.27. The minimum absolute atomic E-state index is 0.0536. The molecule has 1 heterocycles. The van der Waals surface area contributed by atoms with Gasteiger partial charge in [-0.25, -0.2) is 0 Å². The Morgan fingerprint density at radius 3 is 1.98 bits per heavy atom. The van der Waals surface area contributed by atoms with Crippen molar-refractivity contribution < 1.29 is 0 Å². The van der Waals surface area contributed by atoms with Crippen LogP contribution in [0, 0.1) is 0 Å². The summed E-state index contributed by atoms with van der Waals surface area (Å²) in [5.74, 6) is 0. The van der Waals surface area contributed by atoms with E-state index in [1.807, 2.05) is 0 Å². The van der Waals surface area contributed by atoms with Crippen LogP contribution in [0.2, 0.25) is 0 Å². The lowest BCUT2D eigenvalue weighted by Crippen LogP contribution is -2.39. The summed E-state index contributed by atoms with van der Waals surface area (Å²) in [6.45, 7) is 0. The van der Waals surface area contributed by atoms with Crippen molar-refractivity contribution in [3.63, 3.8) is 0 Å². The summed E-state index contributed by atoms with van der Waals surface area (Å²) >= 11 is 0. The highest BCUT2D eigenvalue weighted by Crippen LogP contribution is 2.40. The molecule has 2 heteroatoms. The van der Waals surface area contributed by atoms with Gasteiger partial charge in [0.05, 0.1) is 6.04 Å². The zero-order valence-corrected chi connectivity index (χ0v) is 22.0. The number of rotatable bonds is 3. The molecule has 0 radical (unpaired) electrons.